The van der Waals surface area contributed by atoms with Crippen LogP contribution < -0.4 is 5.56 Å². The van der Waals surface area contributed by atoms with Crippen molar-refractivity contribution in [3.63, 3.8) is 0 Å². The van der Waals surface area contributed by atoms with E-state index >= 15 is 0 Å². The Balaban J connectivity index is 1.87. The molecular weight excluding hydrogens is 405 g/mol. The van der Waals surface area contributed by atoms with Crippen molar-refractivity contribution in [1.82, 2.24) is 14.6 Å². The van der Waals surface area contributed by atoms with Crippen LogP contribution in [0.1, 0.15) is 0 Å². The summed E-state index contributed by atoms with van der Waals surface area (Å²) in [7, 11) is 0. The first-order chi connectivity index (χ1) is 13.0. The maximum atomic E-state index is 12.5. The van der Waals surface area contributed by atoms with Gasteiger partial charge in [-0.05, 0) is 36.4 Å². The number of hydrogen-bond acceptors (Lipinski definition) is 5. The molecule has 0 aliphatic heterocycles. The van der Waals surface area contributed by atoms with Crippen molar-refractivity contribution in [2.75, 3.05) is 0 Å². The molecule has 0 spiro atoms. The van der Waals surface area contributed by atoms with Crippen LogP contribution in [-0.2, 0) is 0 Å². The van der Waals surface area contributed by atoms with Crippen LogP contribution in [0.3, 0.4) is 0 Å². The van der Waals surface area contributed by atoms with Crippen LogP contribution >= 0.6 is 35.0 Å². The van der Waals surface area contributed by atoms with E-state index in [1.807, 2.05) is 6.07 Å². The molecule has 0 atom stereocenters. The van der Waals surface area contributed by atoms with E-state index in [0.717, 1.165) is 0 Å². The summed E-state index contributed by atoms with van der Waals surface area (Å²) in [6.07, 6.45) is 1.35. The van der Waals surface area contributed by atoms with E-state index in [9.17, 15) is 9.90 Å². The molecule has 2 heterocycles. The first-order valence-corrected chi connectivity index (χ1v) is 9.41. The van der Waals surface area contributed by atoms with Crippen LogP contribution in [0.15, 0.2) is 75.6 Å². The van der Waals surface area contributed by atoms with Crippen molar-refractivity contribution < 1.29 is 5.11 Å². The van der Waals surface area contributed by atoms with Gasteiger partial charge in [0.2, 0.25) is 0 Å². The van der Waals surface area contributed by atoms with Crippen LogP contribution in [0.5, 0.6) is 5.75 Å². The molecule has 1 N–H and O–H groups in total. The minimum Gasteiger partial charge on any atom is -0.507 e. The number of aromatic hydroxyl groups is 1. The molecule has 0 amide bonds. The first-order valence-electron chi connectivity index (χ1n) is 7.83. The van der Waals surface area contributed by atoms with Gasteiger partial charge in [0.15, 0.2) is 0 Å². The van der Waals surface area contributed by atoms with Gasteiger partial charge >= 0.3 is 0 Å². The van der Waals surface area contributed by atoms with Gasteiger partial charge in [-0.2, -0.15) is 10.1 Å². The first kappa shape index (κ1) is 17.9. The van der Waals surface area contributed by atoms with Crippen LogP contribution in [0, 0.1) is 0 Å². The van der Waals surface area contributed by atoms with Gasteiger partial charge in [-0.3, -0.25) is 4.79 Å². The average Bonchev–Trinajstić information content (AvgIpc) is 2.65. The lowest BCUT2D eigenvalue weighted by Crippen LogP contribution is -2.14. The number of benzene rings is 2. The summed E-state index contributed by atoms with van der Waals surface area (Å²) in [5, 5.41) is 15.8. The second-order valence-electron chi connectivity index (χ2n) is 5.59. The largest absolute Gasteiger partial charge is 0.507 e. The fraction of sp³-hybridized carbons (Fsp3) is 0. The molecule has 0 bridgehead atoms. The molecule has 0 saturated carbocycles. The molecule has 2 aromatic carbocycles. The Kier molecular flexibility index (Phi) is 4.78. The normalized spacial score (nSPS) is 11.0. The van der Waals surface area contributed by atoms with Crippen molar-refractivity contribution in [3.8, 4) is 16.9 Å². The Bertz CT molecular complexity index is 1210. The molecule has 27 heavy (non-hydrogen) atoms. The van der Waals surface area contributed by atoms with Gasteiger partial charge in [-0.25, -0.2) is 4.52 Å². The molecule has 0 aliphatic rings. The van der Waals surface area contributed by atoms with E-state index in [0.29, 0.717) is 36.6 Å². The smallest absolute Gasteiger partial charge is 0.281 e. The lowest BCUT2D eigenvalue weighted by molar-refractivity contribution is 0.462. The number of hydrogen-bond donors (Lipinski definition) is 1. The molecule has 8 heteroatoms. The summed E-state index contributed by atoms with van der Waals surface area (Å²) >= 11 is 13.9. The number of phenols is 1. The van der Waals surface area contributed by atoms with E-state index in [1.165, 1.54) is 22.6 Å². The third-order valence-electron chi connectivity index (χ3n) is 3.88. The topological polar surface area (TPSA) is 67.5 Å². The van der Waals surface area contributed by atoms with Crippen molar-refractivity contribution in [3.05, 3.63) is 81.3 Å². The standard InChI is InChI=1S/C19H11Cl2N3O2S/c20-11-4-3-5-12(21)17(11)18-13-8-9-16(23-24(13)10-22-19(18)26)27-15-7-2-1-6-14(15)25/h1-10,25H. The summed E-state index contributed by atoms with van der Waals surface area (Å²) in [4.78, 5) is 17.0. The minimum atomic E-state index is -0.437. The lowest BCUT2D eigenvalue weighted by Gasteiger charge is -2.10. The number of aromatic nitrogens is 3. The number of halogens is 2. The van der Waals surface area contributed by atoms with Crippen molar-refractivity contribution in [2.45, 2.75) is 9.92 Å². The van der Waals surface area contributed by atoms with Crippen molar-refractivity contribution in [1.29, 1.82) is 0 Å². The van der Waals surface area contributed by atoms with Gasteiger partial charge in [0.05, 0.1) is 26.0 Å². The number of phenolic OH excluding ortho intramolecular Hbond substituents is 1. The molecule has 0 radical (unpaired) electrons. The fourth-order valence-corrected chi connectivity index (χ4v) is 4.07. The lowest BCUT2D eigenvalue weighted by atomic mass is 10.1. The number of rotatable bonds is 3. The molecule has 0 saturated heterocycles. The van der Waals surface area contributed by atoms with Gasteiger partial charge in [-0.1, -0.05) is 53.2 Å². The maximum Gasteiger partial charge on any atom is 0.281 e. The Labute approximate surface area is 168 Å². The Morgan fingerprint density at radius 3 is 2.41 bits per heavy atom. The zero-order chi connectivity index (χ0) is 19.0. The van der Waals surface area contributed by atoms with E-state index in [1.54, 1.807) is 48.5 Å². The molecule has 5 nitrogen and oxygen atoms in total. The zero-order valence-corrected chi connectivity index (χ0v) is 16.0. The van der Waals surface area contributed by atoms with Gasteiger partial charge in [0, 0.05) is 5.56 Å². The molecule has 0 unspecified atom stereocenters. The number of nitrogens with zero attached hydrogens (tertiary/aromatic N) is 3. The van der Waals surface area contributed by atoms with Gasteiger partial charge in [0.25, 0.3) is 5.56 Å². The molecule has 134 valence electrons. The summed E-state index contributed by atoms with van der Waals surface area (Å²) in [6.45, 7) is 0. The Morgan fingerprint density at radius 2 is 1.67 bits per heavy atom. The highest BCUT2D eigenvalue weighted by molar-refractivity contribution is 7.99. The predicted molar refractivity (Wildman–Crippen MR) is 107 cm³/mol. The predicted octanol–water partition coefficient (Wildman–Crippen LogP) is 4.92. The van der Waals surface area contributed by atoms with Crippen LogP contribution in [0.4, 0.5) is 0 Å². The van der Waals surface area contributed by atoms with Crippen LogP contribution in [0.2, 0.25) is 10.0 Å². The van der Waals surface area contributed by atoms with E-state index < -0.39 is 5.56 Å². The average molecular weight is 416 g/mol. The highest BCUT2D eigenvalue weighted by Crippen LogP contribution is 2.36. The van der Waals surface area contributed by atoms with Crippen molar-refractivity contribution in [2.24, 2.45) is 0 Å². The fourth-order valence-electron chi connectivity index (χ4n) is 2.67. The summed E-state index contributed by atoms with van der Waals surface area (Å²) in [6, 6.07) is 15.6. The minimum absolute atomic E-state index is 0.172. The molecule has 4 aromatic rings. The van der Waals surface area contributed by atoms with Crippen LogP contribution in [-0.4, -0.2) is 19.7 Å². The Morgan fingerprint density at radius 1 is 0.926 bits per heavy atom. The van der Waals surface area contributed by atoms with E-state index in [4.69, 9.17) is 23.2 Å². The second-order valence-corrected chi connectivity index (χ2v) is 7.47. The summed E-state index contributed by atoms with van der Waals surface area (Å²) in [5.74, 6) is 0.172. The number of para-hydroxylation sites is 1. The third-order valence-corrected chi connectivity index (χ3v) is 5.51. The zero-order valence-electron chi connectivity index (χ0n) is 13.6. The quantitative estimate of drug-likeness (QED) is 0.514. The summed E-state index contributed by atoms with van der Waals surface area (Å²) < 4.78 is 1.50. The monoisotopic (exact) mass is 415 g/mol. The number of fused-ring (bicyclic) bond motifs is 1. The van der Waals surface area contributed by atoms with Gasteiger partial charge in [0.1, 0.15) is 17.1 Å². The second kappa shape index (κ2) is 7.23. The molecule has 4 rings (SSSR count). The Hall–Kier alpha value is -2.54. The maximum absolute atomic E-state index is 12.5. The van der Waals surface area contributed by atoms with Crippen molar-refractivity contribution >= 4 is 40.5 Å². The SMILES string of the molecule is O=c1ncn2nc(Sc3ccccc3O)ccc2c1-c1c(Cl)cccc1Cl. The van der Waals surface area contributed by atoms with Gasteiger partial charge < -0.3 is 5.11 Å². The molecule has 0 aliphatic carbocycles. The van der Waals surface area contributed by atoms with E-state index in [-0.39, 0.29) is 5.75 Å². The third kappa shape index (κ3) is 3.39. The van der Waals surface area contributed by atoms with E-state index in [2.05, 4.69) is 10.1 Å². The highest BCUT2D eigenvalue weighted by Gasteiger charge is 2.17. The summed E-state index contributed by atoms with van der Waals surface area (Å²) in [5.41, 5.74) is 0.818. The van der Waals surface area contributed by atoms with Crippen LogP contribution in [0.25, 0.3) is 16.6 Å². The highest BCUT2D eigenvalue weighted by atomic mass is 35.5. The molecular formula is C19H11Cl2N3O2S. The molecule has 2 aromatic heterocycles. The molecule has 0 fully saturated rings. The van der Waals surface area contributed by atoms with Gasteiger partial charge in [-0.15, -0.1) is 0 Å².